The number of ketones is 1. The fourth-order valence-corrected chi connectivity index (χ4v) is 4.09. The average Bonchev–Trinajstić information content (AvgIpc) is 2.96. The van der Waals surface area contributed by atoms with Gasteiger partial charge in [-0.05, 0) is 22.6 Å². The molecule has 0 aliphatic carbocycles. The molecule has 1 atom stereocenters. The van der Waals surface area contributed by atoms with Crippen LogP contribution in [0.25, 0.3) is 0 Å². The smallest absolute Gasteiger partial charge is 0.264 e. The van der Waals surface area contributed by atoms with Gasteiger partial charge in [0.2, 0.25) is 0 Å². The Morgan fingerprint density at radius 1 is 0.903 bits per heavy atom. The molecule has 3 aromatic carbocycles. The Morgan fingerprint density at radius 2 is 1.52 bits per heavy atom. The van der Waals surface area contributed by atoms with Crippen LogP contribution in [-0.4, -0.2) is 16.8 Å². The predicted molar refractivity (Wildman–Crippen MR) is 122 cm³/mol. The van der Waals surface area contributed by atoms with Crippen LogP contribution < -0.4 is 4.90 Å². The van der Waals surface area contributed by atoms with Crippen LogP contribution in [0.15, 0.2) is 78.9 Å². The zero-order valence-electron chi connectivity index (χ0n) is 18.1. The van der Waals surface area contributed by atoms with E-state index in [1.165, 1.54) is 0 Å². The van der Waals surface area contributed by atoms with Crippen LogP contribution >= 0.6 is 0 Å². The van der Waals surface area contributed by atoms with Crippen molar-refractivity contribution in [2.45, 2.75) is 44.8 Å². The van der Waals surface area contributed by atoms with Crippen LogP contribution in [0.1, 0.15) is 54.2 Å². The van der Waals surface area contributed by atoms with Crippen molar-refractivity contribution in [1.29, 1.82) is 0 Å². The van der Waals surface area contributed by atoms with Gasteiger partial charge < -0.3 is 10.0 Å². The molecule has 1 heterocycles. The number of nitrogens with zero attached hydrogens (tertiary/aromatic N) is 1. The highest BCUT2D eigenvalue weighted by atomic mass is 16.3. The van der Waals surface area contributed by atoms with Crippen molar-refractivity contribution < 1.29 is 14.7 Å². The van der Waals surface area contributed by atoms with Gasteiger partial charge in [-0.15, -0.1) is 0 Å². The van der Waals surface area contributed by atoms with Gasteiger partial charge in [0.05, 0.1) is 18.7 Å². The quantitative estimate of drug-likeness (QED) is 0.600. The lowest BCUT2D eigenvalue weighted by atomic mass is 9.85. The number of carbonyl (C=O) groups is 2. The maximum Gasteiger partial charge on any atom is 0.264 e. The van der Waals surface area contributed by atoms with Gasteiger partial charge in [0.15, 0.2) is 11.4 Å². The van der Waals surface area contributed by atoms with Crippen molar-refractivity contribution >= 4 is 17.4 Å². The summed E-state index contributed by atoms with van der Waals surface area (Å²) in [7, 11) is 0. The van der Waals surface area contributed by atoms with E-state index in [0.29, 0.717) is 23.4 Å². The van der Waals surface area contributed by atoms with Gasteiger partial charge in [-0.3, -0.25) is 9.59 Å². The van der Waals surface area contributed by atoms with Gasteiger partial charge in [-0.25, -0.2) is 0 Å². The molecule has 1 N–H and O–H groups in total. The first kappa shape index (κ1) is 21.0. The fraction of sp³-hybridized carbons (Fsp3) is 0.259. The lowest BCUT2D eigenvalue weighted by molar-refractivity contribution is -0.136. The van der Waals surface area contributed by atoms with Gasteiger partial charge >= 0.3 is 0 Å². The molecule has 1 amide bonds. The molecule has 31 heavy (non-hydrogen) atoms. The number of Topliss-reactive ketones (excluding diaryl/α,β-unsaturated/α-hetero) is 1. The monoisotopic (exact) mass is 413 g/mol. The summed E-state index contributed by atoms with van der Waals surface area (Å²) in [4.78, 5) is 28.0. The maximum atomic E-state index is 13.4. The molecule has 158 valence electrons. The lowest BCUT2D eigenvalue weighted by Gasteiger charge is -2.23. The number of benzene rings is 3. The van der Waals surface area contributed by atoms with Crippen molar-refractivity contribution in [2.75, 3.05) is 4.90 Å². The number of para-hydroxylation sites is 1. The van der Waals surface area contributed by atoms with E-state index >= 15 is 0 Å². The van der Waals surface area contributed by atoms with Crippen LogP contribution in [0, 0.1) is 0 Å². The van der Waals surface area contributed by atoms with Crippen LogP contribution in [0.2, 0.25) is 0 Å². The summed E-state index contributed by atoms with van der Waals surface area (Å²) in [5.74, 6) is -0.718. The first-order chi connectivity index (χ1) is 14.7. The van der Waals surface area contributed by atoms with Crippen LogP contribution in [0.5, 0.6) is 0 Å². The van der Waals surface area contributed by atoms with E-state index in [1.807, 2.05) is 54.6 Å². The molecular weight excluding hydrogens is 386 g/mol. The zero-order chi connectivity index (χ0) is 22.2. The van der Waals surface area contributed by atoms with Gasteiger partial charge in [-0.1, -0.05) is 93.6 Å². The molecule has 1 aliphatic rings. The minimum atomic E-state index is -1.87. The highest BCUT2D eigenvalue weighted by molar-refractivity contribution is 6.10. The van der Waals surface area contributed by atoms with E-state index in [-0.39, 0.29) is 17.6 Å². The summed E-state index contributed by atoms with van der Waals surface area (Å²) in [6, 6.07) is 24.2. The Bertz CT molecular complexity index is 1110. The summed E-state index contributed by atoms with van der Waals surface area (Å²) >= 11 is 0. The van der Waals surface area contributed by atoms with Crippen LogP contribution in [0.4, 0.5) is 5.69 Å². The number of hydrogen-bond acceptors (Lipinski definition) is 3. The minimum absolute atomic E-state index is 0.0158. The topological polar surface area (TPSA) is 57.6 Å². The number of amides is 1. The Balaban J connectivity index is 1.63. The summed E-state index contributed by atoms with van der Waals surface area (Å²) in [5, 5.41) is 11.5. The third-order valence-corrected chi connectivity index (χ3v) is 5.91. The molecule has 0 aromatic heterocycles. The lowest BCUT2D eigenvalue weighted by Crippen LogP contribution is -2.41. The molecule has 0 unspecified atom stereocenters. The molecule has 1 aliphatic heterocycles. The summed E-state index contributed by atoms with van der Waals surface area (Å²) in [5.41, 5.74) is 1.82. The number of rotatable bonds is 5. The van der Waals surface area contributed by atoms with E-state index in [9.17, 15) is 14.7 Å². The molecule has 4 rings (SSSR count). The van der Waals surface area contributed by atoms with Crippen molar-refractivity contribution in [3.63, 3.8) is 0 Å². The predicted octanol–water partition coefficient (Wildman–Crippen LogP) is 4.99. The number of aliphatic hydroxyl groups is 1. The molecule has 0 saturated heterocycles. The molecular formula is C27H27NO3. The number of hydrogen-bond donors (Lipinski definition) is 1. The number of carbonyl (C=O) groups excluding carboxylic acids is 2. The van der Waals surface area contributed by atoms with Crippen LogP contribution in [-0.2, 0) is 22.4 Å². The Labute approximate surface area is 183 Å². The van der Waals surface area contributed by atoms with Crippen molar-refractivity contribution in [3.8, 4) is 0 Å². The second-order valence-electron chi connectivity index (χ2n) is 9.18. The first-order valence-corrected chi connectivity index (χ1v) is 10.5. The van der Waals surface area contributed by atoms with Crippen molar-refractivity contribution in [2.24, 2.45) is 0 Å². The van der Waals surface area contributed by atoms with E-state index < -0.39 is 11.5 Å². The molecule has 4 heteroatoms. The van der Waals surface area contributed by atoms with Gasteiger partial charge in [-0.2, -0.15) is 0 Å². The van der Waals surface area contributed by atoms with Gasteiger partial charge in [0.25, 0.3) is 5.91 Å². The largest absolute Gasteiger partial charge is 0.375 e. The van der Waals surface area contributed by atoms with Crippen molar-refractivity contribution in [3.05, 3.63) is 101 Å². The first-order valence-electron chi connectivity index (χ1n) is 10.5. The van der Waals surface area contributed by atoms with E-state index in [4.69, 9.17) is 0 Å². The van der Waals surface area contributed by atoms with E-state index in [1.54, 1.807) is 29.2 Å². The highest BCUT2D eigenvalue weighted by Gasteiger charge is 2.50. The van der Waals surface area contributed by atoms with E-state index in [0.717, 1.165) is 11.1 Å². The third kappa shape index (κ3) is 3.91. The fourth-order valence-electron chi connectivity index (χ4n) is 4.09. The molecule has 3 aromatic rings. The number of fused-ring (bicyclic) bond motifs is 1. The average molecular weight is 414 g/mol. The third-order valence-electron chi connectivity index (χ3n) is 5.91. The highest BCUT2D eigenvalue weighted by Crippen LogP contribution is 2.43. The molecule has 4 nitrogen and oxygen atoms in total. The molecule has 0 saturated carbocycles. The van der Waals surface area contributed by atoms with Crippen molar-refractivity contribution in [1.82, 2.24) is 0 Å². The maximum absolute atomic E-state index is 13.4. The van der Waals surface area contributed by atoms with Crippen LogP contribution in [0.3, 0.4) is 0 Å². The SMILES string of the molecule is CC(C)(C)c1ccc(C(=O)C[C@]2(O)C(=O)N(Cc3ccccc3)c3ccccc32)cc1. The second-order valence-corrected chi connectivity index (χ2v) is 9.18. The van der Waals surface area contributed by atoms with Gasteiger partial charge in [0.1, 0.15) is 0 Å². The Kier molecular flexibility index (Phi) is 5.28. The zero-order valence-corrected chi connectivity index (χ0v) is 18.1. The standard InChI is InChI=1S/C27H27NO3/c1-26(2,3)21-15-13-20(14-16-21)24(29)17-27(31)22-11-7-8-12-23(22)28(25(27)30)18-19-9-5-4-6-10-19/h4-16,31H,17-18H2,1-3H3/t27-/m1/s1. The summed E-state index contributed by atoms with van der Waals surface area (Å²) in [6.07, 6.45) is -0.289. The number of anilines is 1. The Hall–Kier alpha value is -3.24. The summed E-state index contributed by atoms with van der Waals surface area (Å²) in [6.45, 7) is 6.68. The van der Waals surface area contributed by atoms with Gasteiger partial charge in [0, 0.05) is 11.1 Å². The molecule has 0 spiro atoms. The second kappa shape index (κ2) is 7.78. The van der Waals surface area contributed by atoms with E-state index in [2.05, 4.69) is 20.8 Å². The molecule has 0 fully saturated rings. The normalized spacial score (nSPS) is 18.2. The minimum Gasteiger partial charge on any atom is -0.375 e. The summed E-state index contributed by atoms with van der Waals surface area (Å²) < 4.78 is 0. The molecule has 0 radical (unpaired) electrons. The molecule has 0 bridgehead atoms. The Morgan fingerprint density at radius 3 is 2.16 bits per heavy atom.